The number of ketones is 2. The van der Waals surface area contributed by atoms with Crippen LogP contribution < -0.4 is 0 Å². The summed E-state index contributed by atoms with van der Waals surface area (Å²) in [6, 6.07) is 4.50. The summed E-state index contributed by atoms with van der Waals surface area (Å²) in [5.41, 5.74) is 0.725. The maximum absolute atomic E-state index is 12.3. The molecule has 1 aromatic carbocycles. The van der Waals surface area contributed by atoms with E-state index in [1.807, 2.05) is 0 Å². The van der Waals surface area contributed by atoms with E-state index in [9.17, 15) is 9.59 Å². The molecule has 1 aromatic heterocycles. The molecule has 7 heteroatoms. The number of hydrogen-bond donors (Lipinski definition) is 0. The average Bonchev–Trinajstić information content (AvgIpc) is 2.91. The van der Waals surface area contributed by atoms with E-state index in [1.54, 1.807) is 18.2 Å². The fourth-order valence-electron chi connectivity index (χ4n) is 2.73. The van der Waals surface area contributed by atoms with E-state index < -0.39 is 6.04 Å². The molecule has 0 radical (unpaired) electrons. The second kappa shape index (κ2) is 5.58. The first kappa shape index (κ1) is 14.2. The standard InChI is InChI=1S/C14H11Cl2N3O2/c15-8-1-2-10(12(16)3-8)11-4-9(20)5-13(21)14(11)19-7-17-6-18-19/h1-3,6-7,11,14H,4-5H2/t11-,14+/m0/s1. The Labute approximate surface area is 130 Å². The quantitative estimate of drug-likeness (QED) is 0.797. The number of hydrogen-bond acceptors (Lipinski definition) is 4. The lowest BCUT2D eigenvalue weighted by molar-refractivity contribution is -0.133. The highest BCUT2D eigenvalue weighted by atomic mass is 35.5. The van der Waals surface area contributed by atoms with Crippen molar-refractivity contribution in [3.63, 3.8) is 0 Å². The molecule has 2 atom stereocenters. The maximum Gasteiger partial charge on any atom is 0.165 e. The zero-order chi connectivity index (χ0) is 15.0. The maximum atomic E-state index is 12.3. The summed E-state index contributed by atoms with van der Waals surface area (Å²) in [4.78, 5) is 28.0. The van der Waals surface area contributed by atoms with Gasteiger partial charge in [-0.3, -0.25) is 9.59 Å². The molecular weight excluding hydrogens is 313 g/mol. The van der Waals surface area contributed by atoms with Gasteiger partial charge in [0.2, 0.25) is 0 Å². The van der Waals surface area contributed by atoms with Crippen molar-refractivity contribution in [3.05, 3.63) is 46.5 Å². The zero-order valence-electron chi connectivity index (χ0n) is 10.9. The molecule has 1 fully saturated rings. The van der Waals surface area contributed by atoms with E-state index in [0.717, 1.165) is 5.56 Å². The van der Waals surface area contributed by atoms with E-state index in [0.29, 0.717) is 10.0 Å². The first-order valence-electron chi connectivity index (χ1n) is 6.39. The molecule has 1 heterocycles. The highest BCUT2D eigenvalue weighted by Gasteiger charge is 2.39. The molecule has 0 aliphatic heterocycles. The molecule has 0 saturated heterocycles. The van der Waals surface area contributed by atoms with Crippen LogP contribution in [0.4, 0.5) is 0 Å². The molecule has 0 N–H and O–H groups in total. The van der Waals surface area contributed by atoms with Gasteiger partial charge in [-0.2, -0.15) is 5.10 Å². The van der Waals surface area contributed by atoms with Gasteiger partial charge in [-0.1, -0.05) is 29.3 Å². The molecule has 2 aromatic rings. The van der Waals surface area contributed by atoms with Crippen LogP contribution in [0, 0.1) is 0 Å². The van der Waals surface area contributed by atoms with Crippen molar-refractivity contribution in [1.82, 2.24) is 14.8 Å². The van der Waals surface area contributed by atoms with Gasteiger partial charge in [0, 0.05) is 22.4 Å². The highest BCUT2D eigenvalue weighted by molar-refractivity contribution is 6.35. The van der Waals surface area contributed by atoms with Crippen molar-refractivity contribution in [2.75, 3.05) is 0 Å². The van der Waals surface area contributed by atoms with Crippen LogP contribution >= 0.6 is 23.2 Å². The van der Waals surface area contributed by atoms with Crippen molar-refractivity contribution < 1.29 is 9.59 Å². The Kier molecular flexibility index (Phi) is 3.78. The Bertz CT molecular complexity index is 700. The van der Waals surface area contributed by atoms with Crippen molar-refractivity contribution in [2.45, 2.75) is 24.8 Å². The van der Waals surface area contributed by atoms with Gasteiger partial charge in [0.15, 0.2) is 5.78 Å². The molecule has 1 saturated carbocycles. The Morgan fingerprint density at radius 3 is 2.71 bits per heavy atom. The second-order valence-corrected chi connectivity index (χ2v) is 5.82. The zero-order valence-corrected chi connectivity index (χ0v) is 12.4. The number of aromatic nitrogens is 3. The summed E-state index contributed by atoms with van der Waals surface area (Å²) in [5.74, 6) is -0.620. The number of carbonyl (C=O) groups is 2. The van der Waals surface area contributed by atoms with Crippen LogP contribution in [0.15, 0.2) is 30.9 Å². The molecule has 108 valence electrons. The largest absolute Gasteiger partial charge is 0.299 e. The van der Waals surface area contributed by atoms with E-state index in [4.69, 9.17) is 23.2 Å². The number of rotatable bonds is 2. The number of benzene rings is 1. The first-order chi connectivity index (χ1) is 10.1. The van der Waals surface area contributed by atoms with Crippen LogP contribution in [0.25, 0.3) is 0 Å². The van der Waals surface area contributed by atoms with Gasteiger partial charge in [0.25, 0.3) is 0 Å². The minimum atomic E-state index is -0.566. The van der Waals surface area contributed by atoms with Gasteiger partial charge in [-0.05, 0) is 17.7 Å². The second-order valence-electron chi connectivity index (χ2n) is 4.98. The predicted octanol–water partition coefficient (Wildman–Crippen LogP) is 2.84. The summed E-state index contributed by atoms with van der Waals surface area (Å²) in [5, 5.41) is 5.00. The molecule has 3 rings (SSSR count). The Hall–Kier alpha value is -1.72. The Morgan fingerprint density at radius 2 is 2.05 bits per heavy atom. The number of carbonyl (C=O) groups excluding carboxylic acids is 2. The van der Waals surface area contributed by atoms with Gasteiger partial charge in [0.05, 0.1) is 6.42 Å². The summed E-state index contributed by atoms with van der Waals surface area (Å²) in [6.07, 6.45) is 3.02. The molecule has 21 heavy (non-hydrogen) atoms. The summed E-state index contributed by atoms with van der Waals surface area (Å²) >= 11 is 12.1. The Balaban J connectivity index is 2.07. The smallest absolute Gasteiger partial charge is 0.165 e. The number of Topliss-reactive ketones (excluding diaryl/α,β-unsaturated/α-hetero) is 2. The van der Waals surface area contributed by atoms with E-state index in [2.05, 4.69) is 10.1 Å². The minimum absolute atomic E-state index is 0.0771. The van der Waals surface area contributed by atoms with Gasteiger partial charge >= 0.3 is 0 Å². The van der Waals surface area contributed by atoms with E-state index in [-0.39, 0.29) is 30.3 Å². The van der Waals surface area contributed by atoms with Crippen LogP contribution in [0.1, 0.15) is 30.4 Å². The number of nitrogens with zero attached hydrogens (tertiary/aromatic N) is 3. The predicted molar refractivity (Wildman–Crippen MR) is 77.5 cm³/mol. The monoisotopic (exact) mass is 323 g/mol. The average molecular weight is 324 g/mol. The molecule has 1 aliphatic rings. The van der Waals surface area contributed by atoms with Gasteiger partial charge in [-0.15, -0.1) is 0 Å². The molecule has 0 unspecified atom stereocenters. The molecule has 5 nitrogen and oxygen atoms in total. The van der Waals surface area contributed by atoms with Crippen LogP contribution in [-0.4, -0.2) is 26.3 Å². The lowest BCUT2D eigenvalue weighted by Crippen LogP contribution is -2.34. The van der Waals surface area contributed by atoms with Crippen molar-refractivity contribution in [3.8, 4) is 0 Å². The van der Waals surface area contributed by atoms with Crippen LogP contribution in [0.2, 0.25) is 10.0 Å². The van der Waals surface area contributed by atoms with Gasteiger partial charge < -0.3 is 0 Å². The molecule has 0 amide bonds. The van der Waals surface area contributed by atoms with Crippen molar-refractivity contribution in [1.29, 1.82) is 0 Å². The van der Waals surface area contributed by atoms with Crippen LogP contribution in [0.5, 0.6) is 0 Å². The fraction of sp³-hybridized carbons (Fsp3) is 0.286. The van der Waals surface area contributed by atoms with Crippen molar-refractivity contribution >= 4 is 34.8 Å². The molecular formula is C14H11Cl2N3O2. The first-order valence-corrected chi connectivity index (χ1v) is 7.15. The lowest BCUT2D eigenvalue weighted by Gasteiger charge is -2.30. The topological polar surface area (TPSA) is 64.8 Å². The van der Waals surface area contributed by atoms with Crippen LogP contribution in [0.3, 0.4) is 0 Å². The third kappa shape index (κ3) is 2.71. The van der Waals surface area contributed by atoms with E-state index >= 15 is 0 Å². The normalized spacial score (nSPS) is 22.6. The summed E-state index contributed by atoms with van der Waals surface area (Å²) in [6.45, 7) is 0. The summed E-state index contributed by atoms with van der Waals surface area (Å²) in [7, 11) is 0. The number of halogens is 2. The third-order valence-corrected chi connectivity index (χ3v) is 4.18. The lowest BCUT2D eigenvalue weighted by atomic mass is 9.78. The van der Waals surface area contributed by atoms with Gasteiger partial charge in [-0.25, -0.2) is 9.67 Å². The fourth-order valence-corrected chi connectivity index (χ4v) is 3.28. The third-order valence-electron chi connectivity index (χ3n) is 3.61. The summed E-state index contributed by atoms with van der Waals surface area (Å²) < 4.78 is 1.49. The van der Waals surface area contributed by atoms with Gasteiger partial charge in [0.1, 0.15) is 24.5 Å². The minimum Gasteiger partial charge on any atom is -0.299 e. The Morgan fingerprint density at radius 1 is 1.24 bits per heavy atom. The van der Waals surface area contributed by atoms with Crippen molar-refractivity contribution in [2.24, 2.45) is 0 Å². The molecule has 0 bridgehead atoms. The van der Waals surface area contributed by atoms with E-state index in [1.165, 1.54) is 17.3 Å². The van der Waals surface area contributed by atoms with Crippen LogP contribution in [-0.2, 0) is 9.59 Å². The highest BCUT2D eigenvalue weighted by Crippen LogP contribution is 2.40. The SMILES string of the molecule is O=C1CC(=O)[C@H](n2cncn2)[C@H](c2ccc(Cl)cc2Cl)C1. The molecule has 1 aliphatic carbocycles. The molecule has 0 spiro atoms.